The highest BCUT2D eigenvalue weighted by Crippen LogP contribution is 2.26. The van der Waals surface area contributed by atoms with Crippen molar-refractivity contribution in [2.45, 2.75) is 13.8 Å². The molecule has 0 radical (unpaired) electrons. The van der Waals surface area contributed by atoms with Gasteiger partial charge < -0.3 is 9.73 Å². The number of hydrogen-bond donors (Lipinski definition) is 1. The van der Waals surface area contributed by atoms with E-state index in [2.05, 4.69) is 25.3 Å². The van der Waals surface area contributed by atoms with E-state index in [0.717, 1.165) is 5.56 Å². The van der Waals surface area contributed by atoms with Crippen molar-refractivity contribution in [2.24, 2.45) is 0 Å². The average Bonchev–Trinajstić information content (AvgIpc) is 3.12. The van der Waals surface area contributed by atoms with Crippen molar-refractivity contribution in [3.63, 3.8) is 0 Å². The average molecular weight is 406 g/mol. The summed E-state index contributed by atoms with van der Waals surface area (Å²) in [6.07, 6.45) is 3.30. The predicted molar refractivity (Wildman–Crippen MR) is 110 cm³/mol. The smallest absolute Gasteiger partial charge is 0.294 e. The molecule has 0 bridgehead atoms. The van der Waals surface area contributed by atoms with Crippen molar-refractivity contribution in [1.29, 1.82) is 0 Å². The van der Waals surface area contributed by atoms with Gasteiger partial charge in [-0.3, -0.25) is 9.78 Å². The molecule has 0 fully saturated rings. The Morgan fingerprint density at radius 3 is 2.55 bits per heavy atom. The van der Waals surface area contributed by atoms with Gasteiger partial charge >= 0.3 is 0 Å². The molecule has 1 aromatic carbocycles. The lowest BCUT2D eigenvalue weighted by atomic mass is 10.1. The third-order valence-electron chi connectivity index (χ3n) is 4.16. The van der Waals surface area contributed by atoms with Crippen LogP contribution < -0.4 is 5.32 Å². The number of rotatable bonds is 4. The van der Waals surface area contributed by atoms with E-state index in [4.69, 9.17) is 16.0 Å². The molecule has 3 aromatic heterocycles. The van der Waals surface area contributed by atoms with Gasteiger partial charge in [-0.2, -0.15) is 0 Å². The zero-order chi connectivity index (χ0) is 20.4. The van der Waals surface area contributed by atoms with Gasteiger partial charge in [0.25, 0.3) is 5.91 Å². The van der Waals surface area contributed by atoms with Crippen LogP contribution in [0.15, 0.2) is 59.3 Å². The number of nitrogens with zero attached hydrogens (tertiary/aromatic N) is 4. The molecule has 8 heteroatoms. The highest BCUT2D eigenvalue weighted by Gasteiger charge is 2.22. The van der Waals surface area contributed by atoms with Gasteiger partial charge in [-0.15, -0.1) is 0 Å². The molecule has 29 heavy (non-hydrogen) atoms. The molecule has 0 saturated carbocycles. The largest absolute Gasteiger partial charge is 0.435 e. The highest BCUT2D eigenvalue weighted by molar-refractivity contribution is 6.30. The quantitative estimate of drug-likeness (QED) is 0.528. The molecule has 0 saturated heterocycles. The zero-order valence-corrected chi connectivity index (χ0v) is 16.4. The Kier molecular flexibility index (Phi) is 5.05. The molecular formula is C21H16ClN5O2. The minimum atomic E-state index is -0.454. The first kappa shape index (κ1) is 18.8. The lowest BCUT2D eigenvalue weighted by molar-refractivity contribution is 0.0995. The number of anilines is 1. The second kappa shape index (κ2) is 7.81. The molecule has 0 aliphatic carbocycles. The standard InChI is InChI=1S/C21H16ClN5O2/c1-12-11-24-20(16-5-3-4-10-23-16)26-19(12)27-21(28)18-17(25-13(2)29-18)14-6-8-15(22)9-7-14/h3-11H,1-2H3,(H,24,26,27,28). The monoisotopic (exact) mass is 405 g/mol. The van der Waals surface area contributed by atoms with Crippen LogP contribution in [0.2, 0.25) is 5.02 Å². The van der Waals surface area contributed by atoms with Crippen molar-refractivity contribution in [3.8, 4) is 22.8 Å². The Morgan fingerprint density at radius 2 is 1.83 bits per heavy atom. The molecule has 0 aliphatic heterocycles. The van der Waals surface area contributed by atoms with Crippen LogP contribution in [0.1, 0.15) is 22.0 Å². The molecule has 0 aliphatic rings. The summed E-state index contributed by atoms with van der Waals surface area (Å²) in [6.45, 7) is 3.49. The molecular weight excluding hydrogens is 390 g/mol. The number of aryl methyl sites for hydroxylation is 2. The molecule has 1 N–H and O–H groups in total. The summed E-state index contributed by atoms with van der Waals surface area (Å²) >= 11 is 5.95. The van der Waals surface area contributed by atoms with Crippen LogP contribution in [-0.2, 0) is 0 Å². The summed E-state index contributed by atoms with van der Waals surface area (Å²) in [4.78, 5) is 30.3. The van der Waals surface area contributed by atoms with Gasteiger partial charge in [-0.05, 0) is 31.2 Å². The Labute approximate surface area is 171 Å². The topological polar surface area (TPSA) is 93.8 Å². The van der Waals surface area contributed by atoms with Crippen LogP contribution in [0.5, 0.6) is 0 Å². The molecule has 1 amide bonds. The molecule has 4 aromatic rings. The number of halogens is 1. The van der Waals surface area contributed by atoms with E-state index < -0.39 is 5.91 Å². The van der Waals surface area contributed by atoms with E-state index in [0.29, 0.717) is 39.5 Å². The maximum absolute atomic E-state index is 12.9. The molecule has 0 spiro atoms. The van der Waals surface area contributed by atoms with Crippen LogP contribution in [-0.4, -0.2) is 25.8 Å². The molecule has 0 atom stereocenters. The summed E-state index contributed by atoms with van der Waals surface area (Å²) in [6, 6.07) is 12.5. The maximum atomic E-state index is 12.9. The number of aromatic nitrogens is 4. The first-order chi connectivity index (χ1) is 14.0. The van der Waals surface area contributed by atoms with Crippen LogP contribution in [0.25, 0.3) is 22.8 Å². The number of oxazole rings is 1. The highest BCUT2D eigenvalue weighted by atomic mass is 35.5. The van der Waals surface area contributed by atoms with Crippen molar-refractivity contribution < 1.29 is 9.21 Å². The van der Waals surface area contributed by atoms with E-state index in [-0.39, 0.29) is 5.76 Å². The Hall–Kier alpha value is -3.58. The molecule has 7 nitrogen and oxygen atoms in total. The third-order valence-corrected chi connectivity index (χ3v) is 4.41. The molecule has 144 valence electrons. The van der Waals surface area contributed by atoms with Gasteiger partial charge in [0.2, 0.25) is 5.76 Å². The van der Waals surface area contributed by atoms with Crippen LogP contribution in [0.4, 0.5) is 5.82 Å². The van der Waals surface area contributed by atoms with E-state index in [9.17, 15) is 4.79 Å². The van der Waals surface area contributed by atoms with E-state index in [1.165, 1.54) is 0 Å². The SMILES string of the molecule is Cc1nc(-c2ccc(Cl)cc2)c(C(=O)Nc2nc(-c3ccccn3)ncc2C)o1. The summed E-state index contributed by atoms with van der Waals surface area (Å²) in [5.41, 5.74) is 2.49. The summed E-state index contributed by atoms with van der Waals surface area (Å²) in [5, 5.41) is 3.39. The third kappa shape index (κ3) is 4.00. The predicted octanol–water partition coefficient (Wildman–Crippen LogP) is 4.72. The van der Waals surface area contributed by atoms with Gasteiger partial charge in [0.1, 0.15) is 17.2 Å². The first-order valence-corrected chi connectivity index (χ1v) is 9.19. The lowest BCUT2D eigenvalue weighted by Gasteiger charge is -2.08. The normalized spacial score (nSPS) is 10.7. The van der Waals surface area contributed by atoms with E-state index >= 15 is 0 Å². The Bertz CT molecular complexity index is 1170. The Balaban J connectivity index is 1.66. The van der Waals surface area contributed by atoms with Crippen molar-refractivity contribution in [2.75, 3.05) is 5.32 Å². The van der Waals surface area contributed by atoms with Gasteiger partial charge in [0, 0.05) is 35.5 Å². The number of carbonyl (C=O) groups is 1. The minimum Gasteiger partial charge on any atom is -0.435 e. The number of hydrogen-bond acceptors (Lipinski definition) is 6. The van der Waals surface area contributed by atoms with Gasteiger partial charge in [0.15, 0.2) is 11.7 Å². The van der Waals surface area contributed by atoms with Gasteiger partial charge in [-0.25, -0.2) is 15.0 Å². The first-order valence-electron chi connectivity index (χ1n) is 8.81. The Morgan fingerprint density at radius 1 is 1.03 bits per heavy atom. The van der Waals surface area contributed by atoms with Crippen LogP contribution in [0.3, 0.4) is 0 Å². The molecule has 3 heterocycles. The van der Waals surface area contributed by atoms with Crippen molar-refractivity contribution in [1.82, 2.24) is 19.9 Å². The number of nitrogens with one attached hydrogen (secondary N) is 1. The van der Waals surface area contributed by atoms with Gasteiger partial charge in [0.05, 0.1) is 0 Å². The second-order valence-electron chi connectivity index (χ2n) is 6.31. The summed E-state index contributed by atoms with van der Waals surface area (Å²) < 4.78 is 5.58. The van der Waals surface area contributed by atoms with Crippen molar-refractivity contribution in [3.05, 3.63) is 77.1 Å². The lowest BCUT2D eigenvalue weighted by Crippen LogP contribution is -2.15. The molecule has 4 rings (SSSR count). The van der Waals surface area contributed by atoms with E-state index in [1.54, 1.807) is 49.6 Å². The number of pyridine rings is 1. The summed E-state index contributed by atoms with van der Waals surface area (Å²) in [7, 11) is 0. The van der Waals surface area contributed by atoms with Gasteiger partial charge in [-0.1, -0.05) is 29.8 Å². The number of benzene rings is 1. The maximum Gasteiger partial charge on any atom is 0.294 e. The van der Waals surface area contributed by atoms with Crippen molar-refractivity contribution >= 4 is 23.3 Å². The van der Waals surface area contributed by atoms with E-state index in [1.807, 2.05) is 19.1 Å². The zero-order valence-electron chi connectivity index (χ0n) is 15.7. The second-order valence-corrected chi connectivity index (χ2v) is 6.75. The minimum absolute atomic E-state index is 0.0993. The molecule has 0 unspecified atom stereocenters. The fourth-order valence-electron chi connectivity index (χ4n) is 2.74. The number of amides is 1. The van der Waals surface area contributed by atoms with Crippen LogP contribution >= 0.6 is 11.6 Å². The fourth-order valence-corrected chi connectivity index (χ4v) is 2.86. The number of carbonyl (C=O) groups excluding carboxylic acids is 1. The van der Waals surface area contributed by atoms with Crippen LogP contribution in [0, 0.1) is 13.8 Å². The fraction of sp³-hybridized carbons (Fsp3) is 0.0952. The summed E-state index contributed by atoms with van der Waals surface area (Å²) in [5.74, 6) is 0.820.